The second-order valence-corrected chi connectivity index (χ2v) is 8.12. The SMILES string of the molecule is Cc1cc(/C=C/C(c2cc(Cl)cc(Cl)c2)C(F)(F)F)ccc1C(=O)CCc1ncccn1. The number of benzene rings is 2. The Bertz CT molecular complexity index is 1110. The zero-order chi connectivity index (χ0) is 23.3. The number of rotatable bonds is 7. The Kier molecular flexibility index (Phi) is 7.69. The average molecular weight is 479 g/mol. The molecule has 2 aromatic carbocycles. The van der Waals surface area contributed by atoms with Crippen LogP contribution >= 0.6 is 23.2 Å². The first kappa shape index (κ1) is 24.0. The summed E-state index contributed by atoms with van der Waals surface area (Å²) in [5, 5.41) is 0.268. The van der Waals surface area contributed by atoms with E-state index >= 15 is 0 Å². The third kappa shape index (κ3) is 6.40. The van der Waals surface area contributed by atoms with Crippen LogP contribution in [-0.4, -0.2) is 21.9 Å². The van der Waals surface area contributed by atoms with Crippen molar-refractivity contribution in [2.45, 2.75) is 31.9 Å². The average Bonchev–Trinajstić information content (AvgIpc) is 2.71. The van der Waals surface area contributed by atoms with Gasteiger partial charge in [0, 0.05) is 40.8 Å². The van der Waals surface area contributed by atoms with Gasteiger partial charge in [0.15, 0.2) is 5.78 Å². The highest BCUT2D eigenvalue weighted by Crippen LogP contribution is 2.38. The number of halogens is 5. The predicted octanol–water partition coefficient (Wildman–Crippen LogP) is 7.27. The molecule has 0 N–H and O–H groups in total. The summed E-state index contributed by atoms with van der Waals surface area (Å²) in [6.45, 7) is 1.75. The number of nitrogens with zero attached hydrogens (tertiary/aromatic N) is 2. The number of carbonyl (C=O) groups is 1. The van der Waals surface area contributed by atoms with E-state index in [1.807, 2.05) is 0 Å². The summed E-state index contributed by atoms with van der Waals surface area (Å²) in [6, 6.07) is 10.5. The number of aryl methyl sites for hydroxylation is 2. The number of allylic oxidation sites excluding steroid dienone is 1. The number of Topliss-reactive ketones (excluding diaryl/α,β-unsaturated/α-hetero) is 1. The molecule has 0 saturated carbocycles. The summed E-state index contributed by atoms with van der Waals surface area (Å²) < 4.78 is 41.0. The molecule has 166 valence electrons. The van der Waals surface area contributed by atoms with Gasteiger partial charge in [0.05, 0.1) is 5.92 Å². The van der Waals surface area contributed by atoms with Crippen LogP contribution in [-0.2, 0) is 6.42 Å². The van der Waals surface area contributed by atoms with Crippen LogP contribution in [0.25, 0.3) is 6.08 Å². The van der Waals surface area contributed by atoms with Crippen LogP contribution in [0.4, 0.5) is 13.2 Å². The maximum atomic E-state index is 13.7. The van der Waals surface area contributed by atoms with Crippen molar-refractivity contribution in [1.29, 1.82) is 0 Å². The summed E-state index contributed by atoms with van der Waals surface area (Å²) in [7, 11) is 0. The van der Waals surface area contributed by atoms with E-state index < -0.39 is 12.1 Å². The van der Waals surface area contributed by atoms with Crippen LogP contribution in [0.1, 0.15) is 45.2 Å². The molecule has 0 spiro atoms. The first-order valence-electron chi connectivity index (χ1n) is 9.74. The van der Waals surface area contributed by atoms with E-state index in [0.717, 1.165) is 6.08 Å². The lowest BCUT2D eigenvalue weighted by Crippen LogP contribution is -2.18. The molecule has 8 heteroatoms. The molecule has 1 heterocycles. The van der Waals surface area contributed by atoms with Gasteiger partial charge in [-0.05, 0) is 47.9 Å². The smallest absolute Gasteiger partial charge is 0.294 e. The summed E-state index contributed by atoms with van der Waals surface area (Å²) in [5.74, 6) is -1.37. The predicted molar refractivity (Wildman–Crippen MR) is 120 cm³/mol. The minimum absolute atomic E-state index is 0.0436. The molecular weight excluding hydrogens is 460 g/mol. The van der Waals surface area contributed by atoms with Crippen molar-refractivity contribution in [3.8, 4) is 0 Å². The Hall–Kier alpha value is -2.70. The Morgan fingerprint density at radius 2 is 1.72 bits per heavy atom. The highest BCUT2D eigenvalue weighted by Gasteiger charge is 2.39. The topological polar surface area (TPSA) is 42.9 Å². The van der Waals surface area contributed by atoms with Crippen molar-refractivity contribution >= 4 is 35.1 Å². The number of ketones is 1. The third-order valence-corrected chi connectivity index (χ3v) is 5.26. The van der Waals surface area contributed by atoms with Gasteiger partial charge in [-0.1, -0.05) is 53.6 Å². The second kappa shape index (κ2) is 10.3. The molecule has 3 rings (SSSR count). The van der Waals surface area contributed by atoms with Crippen LogP contribution in [0.2, 0.25) is 10.0 Å². The van der Waals surface area contributed by atoms with Crippen LogP contribution in [0.15, 0.2) is 60.9 Å². The highest BCUT2D eigenvalue weighted by molar-refractivity contribution is 6.34. The van der Waals surface area contributed by atoms with Gasteiger partial charge >= 0.3 is 6.18 Å². The number of aromatic nitrogens is 2. The van der Waals surface area contributed by atoms with Crippen LogP contribution in [0.5, 0.6) is 0 Å². The Labute approximate surface area is 193 Å². The van der Waals surface area contributed by atoms with E-state index in [1.54, 1.807) is 43.6 Å². The number of carbonyl (C=O) groups excluding carboxylic acids is 1. The van der Waals surface area contributed by atoms with Crippen molar-refractivity contribution < 1.29 is 18.0 Å². The lowest BCUT2D eigenvalue weighted by atomic mass is 9.95. The summed E-state index contributed by atoms with van der Waals surface area (Å²) in [6.07, 6.45) is 1.81. The van der Waals surface area contributed by atoms with Gasteiger partial charge in [0.25, 0.3) is 0 Å². The molecule has 0 fully saturated rings. The van der Waals surface area contributed by atoms with Crippen LogP contribution in [0, 0.1) is 6.92 Å². The van der Waals surface area contributed by atoms with Crippen LogP contribution in [0.3, 0.4) is 0 Å². The van der Waals surface area contributed by atoms with Gasteiger partial charge in [-0.15, -0.1) is 0 Å². The third-order valence-electron chi connectivity index (χ3n) is 4.82. The maximum Gasteiger partial charge on any atom is 0.399 e. The normalized spacial score (nSPS) is 12.8. The minimum Gasteiger partial charge on any atom is -0.294 e. The van der Waals surface area contributed by atoms with Gasteiger partial charge in [0.2, 0.25) is 0 Å². The van der Waals surface area contributed by atoms with Crippen molar-refractivity contribution in [3.63, 3.8) is 0 Å². The van der Waals surface area contributed by atoms with Crippen molar-refractivity contribution in [2.75, 3.05) is 0 Å². The molecule has 0 bridgehead atoms. The first-order valence-corrected chi connectivity index (χ1v) is 10.5. The van der Waals surface area contributed by atoms with E-state index in [-0.39, 0.29) is 27.8 Å². The molecule has 0 saturated heterocycles. The molecule has 0 radical (unpaired) electrons. The maximum absolute atomic E-state index is 13.7. The van der Waals surface area contributed by atoms with Crippen molar-refractivity contribution in [1.82, 2.24) is 9.97 Å². The summed E-state index contributed by atoms with van der Waals surface area (Å²) in [4.78, 5) is 20.7. The van der Waals surface area contributed by atoms with E-state index in [4.69, 9.17) is 23.2 Å². The molecule has 0 aliphatic rings. The van der Waals surface area contributed by atoms with Crippen LogP contribution < -0.4 is 0 Å². The lowest BCUT2D eigenvalue weighted by Gasteiger charge is -2.18. The molecule has 0 amide bonds. The quantitative estimate of drug-likeness (QED) is 0.335. The van der Waals surface area contributed by atoms with Crippen molar-refractivity contribution in [3.05, 3.63) is 99.1 Å². The summed E-state index contributed by atoms with van der Waals surface area (Å²) in [5.41, 5.74) is 1.71. The molecule has 0 aliphatic heterocycles. The zero-order valence-corrected chi connectivity index (χ0v) is 18.5. The fraction of sp³-hybridized carbons (Fsp3) is 0.208. The Balaban J connectivity index is 1.77. The number of hydrogen-bond acceptors (Lipinski definition) is 3. The Morgan fingerprint density at radius 1 is 1.06 bits per heavy atom. The fourth-order valence-electron chi connectivity index (χ4n) is 3.29. The van der Waals surface area contributed by atoms with Gasteiger partial charge in [-0.25, -0.2) is 9.97 Å². The zero-order valence-electron chi connectivity index (χ0n) is 17.0. The highest BCUT2D eigenvalue weighted by atomic mass is 35.5. The minimum atomic E-state index is -4.52. The van der Waals surface area contributed by atoms with E-state index in [1.165, 1.54) is 24.3 Å². The molecule has 1 unspecified atom stereocenters. The Morgan fingerprint density at radius 3 is 2.31 bits per heavy atom. The first-order chi connectivity index (χ1) is 15.1. The fourth-order valence-corrected chi connectivity index (χ4v) is 3.84. The van der Waals surface area contributed by atoms with E-state index in [0.29, 0.717) is 28.9 Å². The summed E-state index contributed by atoms with van der Waals surface area (Å²) >= 11 is 11.8. The number of alkyl halides is 3. The van der Waals surface area contributed by atoms with Gasteiger partial charge in [0.1, 0.15) is 5.82 Å². The van der Waals surface area contributed by atoms with Crippen molar-refractivity contribution in [2.24, 2.45) is 0 Å². The molecule has 0 aliphatic carbocycles. The largest absolute Gasteiger partial charge is 0.399 e. The molecule has 1 aromatic heterocycles. The molecular formula is C24H19Cl2F3N2O. The monoisotopic (exact) mass is 478 g/mol. The van der Waals surface area contributed by atoms with Gasteiger partial charge < -0.3 is 0 Å². The molecule has 1 atom stereocenters. The number of hydrogen-bond donors (Lipinski definition) is 0. The standard InChI is InChI=1S/C24H19Cl2F3N2O/c1-15-11-16(3-5-20(15)22(32)7-8-23-30-9-2-10-31-23)4-6-21(24(27,28)29)17-12-18(25)14-19(26)13-17/h2-6,9-14,21H,7-8H2,1H3/b6-4+. The molecule has 32 heavy (non-hydrogen) atoms. The van der Waals surface area contributed by atoms with E-state index in [9.17, 15) is 18.0 Å². The van der Waals surface area contributed by atoms with Gasteiger partial charge in [-0.2, -0.15) is 13.2 Å². The second-order valence-electron chi connectivity index (χ2n) is 7.24. The van der Waals surface area contributed by atoms with E-state index in [2.05, 4.69) is 9.97 Å². The lowest BCUT2D eigenvalue weighted by molar-refractivity contribution is -0.139. The molecule has 3 nitrogen and oxygen atoms in total. The van der Waals surface area contributed by atoms with Gasteiger partial charge in [-0.3, -0.25) is 4.79 Å². The molecule has 3 aromatic rings.